The highest BCUT2D eigenvalue weighted by molar-refractivity contribution is 7.99. The van der Waals surface area contributed by atoms with Crippen LogP contribution in [0.3, 0.4) is 0 Å². The highest BCUT2D eigenvalue weighted by Gasteiger charge is 2.20. The van der Waals surface area contributed by atoms with Crippen LogP contribution in [0.1, 0.15) is 30.9 Å². The standard InChI is InChI=1S/C16H21N3S/c17-19-16(9-12-5-7-20-8-6-12)14-10-13-3-1-2-4-15(13)18-11-14/h1-4,10-12,16,19H,5-9,17H2. The maximum Gasteiger partial charge on any atom is 0.0702 e. The predicted octanol–water partition coefficient (Wildman–Crippen LogP) is 3.27. The van der Waals surface area contributed by atoms with Crippen LogP contribution in [0.2, 0.25) is 0 Å². The molecule has 1 saturated heterocycles. The molecule has 1 fully saturated rings. The predicted molar refractivity (Wildman–Crippen MR) is 86.5 cm³/mol. The van der Waals surface area contributed by atoms with Crippen LogP contribution in [0.15, 0.2) is 36.5 Å². The number of hydrogen-bond acceptors (Lipinski definition) is 4. The lowest BCUT2D eigenvalue weighted by Crippen LogP contribution is -2.30. The largest absolute Gasteiger partial charge is 0.271 e. The van der Waals surface area contributed by atoms with Crippen molar-refractivity contribution in [3.63, 3.8) is 0 Å². The van der Waals surface area contributed by atoms with Crippen LogP contribution in [-0.4, -0.2) is 16.5 Å². The fraction of sp³-hybridized carbons (Fsp3) is 0.438. The van der Waals surface area contributed by atoms with Crippen LogP contribution in [-0.2, 0) is 0 Å². The number of hydrazine groups is 1. The molecular weight excluding hydrogens is 266 g/mol. The summed E-state index contributed by atoms with van der Waals surface area (Å²) in [6.07, 6.45) is 5.69. The second kappa shape index (κ2) is 6.57. The van der Waals surface area contributed by atoms with E-state index >= 15 is 0 Å². The van der Waals surface area contributed by atoms with Gasteiger partial charge in [0.1, 0.15) is 0 Å². The average molecular weight is 287 g/mol. The van der Waals surface area contributed by atoms with E-state index in [9.17, 15) is 0 Å². The highest BCUT2D eigenvalue weighted by atomic mass is 32.2. The average Bonchev–Trinajstić information content (AvgIpc) is 2.53. The summed E-state index contributed by atoms with van der Waals surface area (Å²) < 4.78 is 0. The second-order valence-electron chi connectivity index (χ2n) is 5.47. The van der Waals surface area contributed by atoms with Gasteiger partial charge in [0.15, 0.2) is 0 Å². The Morgan fingerprint density at radius 1 is 1.30 bits per heavy atom. The lowest BCUT2D eigenvalue weighted by molar-refractivity contribution is 0.373. The molecule has 0 radical (unpaired) electrons. The Balaban J connectivity index is 1.79. The van der Waals surface area contributed by atoms with Crippen molar-refractivity contribution in [2.24, 2.45) is 11.8 Å². The van der Waals surface area contributed by atoms with Gasteiger partial charge in [0.05, 0.1) is 5.52 Å². The molecular formula is C16H21N3S. The molecule has 1 aliphatic heterocycles. The number of thioether (sulfide) groups is 1. The van der Waals surface area contributed by atoms with E-state index in [0.29, 0.717) is 0 Å². The molecule has 0 spiro atoms. The molecule has 1 unspecified atom stereocenters. The molecule has 1 atom stereocenters. The van der Waals surface area contributed by atoms with Gasteiger partial charge < -0.3 is 0 Å². The van der Waals surface area contributed by atoms with Gasteiger partial charge in [-0.1, -0.05) is 18.2 Å². The molecule has 0 saturated carbocycles. The molecule has 0 bridgehead atoms. The maximum absolute atomic E-state index is 5.78. The van der Waals surface area contributed by atoms with Gasteiger partial charge in [0, 0.05) is 17.6 Å². The molecule has 0 amide bonds. The van der Waals surface area contributed by atoms with Crippen LogP contribution >= 0.6 is 11.8 Å². The fourth-order valence-electron chi connectivity index (χ4n) is 2.89. The van der Waals surface area contributed by atoms with E-state index < -0.39 is 0 Å². The van der Waals surface area contributed by atoms with E-state index in [1.807, 2.05) is 18.3 Å². The summed E-state index contributed by atoms with van der Waals surface area (Å²) >= 11 is 2.07. The monoisotopic (exact) mass is 287 g/mol. The Kier molecular flexibility index (Phi) is 4.55. The van der Waals surface area contributed by atoms with Gasteiger partial charge in [0.2, 0.25) is 0 Å². The smallest absolute Gasteiger partial charge is 0.0702 e. The zero-order valence-electron chi connectivity index (χ0n) is 11.6. The van der Waals surface area contributed by atoms with E-state index in [4.69, 9.17) is 5.84 Å². The number of hydrogen-bond donors (Lipinski definition) is 2. The number of nitrogens with one attached hydrogen (secondary N) is 1. The van der Waals surface area contributed by atoms with E-state index in [1.165, 1.54) is 35.3 Å². The summed E-state index contributed by atoms with van der Waals surface area (Å²) in [6, 6.07) is 10.6. The van der Waals surface area contributed by atoms with Crippen LogP contribution in [0.4, 0.5) is 0 Å². The van der Waals surface area contributed by atoms with Crippen LogP contribution < -0.4 is 11.3 Å². The number of aromatic nitrogens is 1. The molecule has 3 N–H and O–H groups in total. The van der Waals surface area contributed by atoms with Gasteiger partial charge in [0.25, 0.3) is 0 Å². The van der Waals surface area contributed by atoms with Crippen molar-refractivity contribution in [1.82, 2.24) is 10.4 Å². The first kappa shape index (κ1) is 13.9. The van der Waals surface area contributed by atoms with Crippen molar-refractivity contribution < 1.29 is 0 Å². The number of para-hydroxylation sites is 1. The zero-order chi connectivity index (χ0) is 13.8. The van der Waals surface area contributed by atoms with Crippen LogP contribution in [0.25, 0.3) is 10.9 Å². The highest BCUT2D eigenvalue weighted by Crippen LogP contribution is 2.31. The van der Waals surface area contributed by atoms with E-state index in [1.54, 1.807) is 0 Å². The number of nitrogens with zero attached hydrogens (tertiary/aromatic N) is 1. The molecule has 3 rings (SSSR count). The lowest BCUT2D eigenvalue weighted by atomic mass is 9.91. The first-order valence-corrected chi connectivity index (χ1v) is 8.41. The number of nitrogens with two attached hydrogens (primary N) is 1. The van der Waals surface area contributed by atoms with Crippen molar-refractivity contribution in [3.05, 3.63) is 42.1 Å². The van der Waals surface area contributed by atoms with Crippen LogP contribution in [0, 0.1) is 5.92 Å². The van der Waals surface area contributed by atoms with E-state index in [2.05, 4.69) is 40.4 Å². The number of fused-ring (bicyclic) bond motifs is 1. The first-order chi connectivity index (χ1) is 9.86. The van der Waals surface area contributed by atoms with E-state index in [0.717, 1.165) is 17.9 Å². The lowest BCUT2D eigenvalue weighted by Gasteiger charge is -2.26. The van der Waals surface area contributed by atoms with Crippen molar-refractivity contribution in [2.75, 3.05) is 11.5 Å². The minimum Gasteiger partial charge on any atom is -0.271 e. The fourth-order valence-corrected chi connectivity index (χ4v) is 4.10. The molecule has 20 heavy (non-hydrogen) atoms. The quantitative estimate of drug-likeness (QED) is 0.669. The van der Waals surface area contributed by atoms with Crippen molar-refractivity contribution in [1.29, 1.82) is 0 Å². The van der Waals surface area contributed by atoms with Crippen LogP contribution in [0.5, 0.6) is 0 Å². The Morgan fingerprint density at radius 2 is 2.10 bits per heavy atom. The van der Waals surface area contributed by atoms with Gasteiger partial charge in [-0.25, -0.2) is 0 Å². The maximum atomic E-state index is 5.78. The van der Waals surface area contributed by atoms with Gasteiger partial charge in [-0.05, 0) is 54.4 Å². The Morgan fingerprint density at radius 3 is 2.90 bits per heavy atom. The summed E-state index contributed by atoms with van der Waals surface area (Å²) in [5, 5.41) is 1.18. The third-order valence-electron chi connectivity index (χ3n) is 4.13. The van der Waals surface area contributed by atoms with Gasteiger partial charge in [-0.2, -0.15) is 11.8 Å². The summed E-state index contributed by atoms with van der Waals surface area (Å²) in [4.78, 5) is 4.54. The van der Waals surface area contributed by atoms with Gasteiger partial charge in [-0.15, -0.1) is 0 Å². The van der Waals surface area contributed by atoms with E-state index in [-0.39, 0.29) is 6.04 Å². The summed E-state index contributed by atoms with van der Waals surface area (Å²) in [5.74, 6) is 9.14. The van der Waals surface area contributed by atoms with Crippen molar-refractivity contribution in [3.8, 4) is 0 Å². The topological polar surface area (TPSA) is 50.9 Å². The third-order valence-corrected chi connectivity index (χ3v) is 5.17. The molecule has 1 aliphatic rings. The van der Waals surface area contributed by atoms with Crippen molar-refractivity contribution in [2.45, 2.75) is 25.3 Å². The summed E-state index contributed by atoms with van der Waals surface area (Å²) in [6.45, 7) is 0. The molecule has 1 aromatic carbocycles. The number of rotatable bonds is 4. The molecule has 3 nitrogen and oxygen atoms in total. The molecule has 2 aromatic rings. The molecule has 1 aromatic heterocycles. The Labute approximate surface area is 124 Å². The molecule has 4 heteroatoms. The van der Waals surface area contributed by atoms with Gasteiger partial charge >= 0.3 is 0 Å². The Hall–Kier alpha value is -1.10. The second-order valence-corrected chi connectivity index (χ2v) is 6.70. The SMILES string of the molecule is NNC(CC1CCSCC1)c1cnc2ccccc2c1. The van der Waals surface area contributed by atoms with Crippen molar-refractivity contribution >= 4 is 22.7 Å². The summed E-state index contributed by atoms with van der Waals surface area (Å²) in [5.41, 5.74) is 5.22. The molecule has 2 heterocycles. The minimum atomic E-state index is 0.209. The summed E-state index contributed by atoms with van der Waals surface area (Å²) in [7, 11) is 0. The normalized spacial score (nSPS) is 18.2. The Bertz CT molecular complexity index is 566. The first-order valence-electron chi connectivity index (χ1n) is 7.25. The molecule has 0 aliphatic carbocycles. The number of pyridine rings is 1. The third kappa shape index (κ3) is 3.14. The minimum absolute atomic E-state index is 0.209. The zero-order valence-corrected chi connectivity index (χ0v) is 12.4. The van der Waals surface area contributed by atoms with Gasteiger partial charge in [-0.3, -0.25) is 16.3 Å². The number of benzene rings is 1. The molecule has 106 valence electrons.